The zero-order chi connectivity index (χ0) is 24.5. The van der Waals surface area contributed by atoms with Crippen LogP contribution in [0.5, 0.6) is 0 Å². The maximum atomic E-state index is 5.93. The third kappa shape index (κ3) is 7.66. The van der Waals surface area contributed by atoms with E-state index in [1.807, 2.05) is 0 Å². The number of benzene rings is 2. The van der Waals surface area contributed by atoms with E-state index in [-0.39, 0.29) is 0 Å². The van der Waals surface area contributed by atoms with Gasteiger partial charge in [-0.15, -0.1) is 0 Å². The number of nitrogens with zero attached hydrogens (tertiary/aromatic N) is 3. The van der Waals surface area contributed by atoms with E-state index in [1.165, 1.54) is 61.2 Å². The van der Waals surface area contributed by atoms with E-state index in [9.17, 15) is 0 Å². The Morgan fingerprint density at radius 1 is 1.06 bits per heavy atom. The normalized spacial score (nSPS) is 16.1. The van der Waals surface area contributed by atoms with E-state index in [2.05, 4.69) is 76.3 Å². The highest BCUT2D eigenvalue weighted by Crippen LogP contribution is 2.29. The SMILES string of the molecule is CCCCN1CCCc2cc(CN(CCCN3CCOCC3)C(=S)Nc3cccc(C)c3)ccc21. The lowest BCUT2D eigenvalue weighted by Gasteiger charge is -2.32. The Morgan fingerprint density at radius 3 is 2.71 bits per heavy atom. The van der Waals surface area contributed by atoms with Crippen LogP contribution in [-0.2, 0) is 17.7 Å². The van der Waals surface area contributed by atoms with Crippen LogP contribution < -0.4 is 10.2 Å². The van der Waals surface area contributed by atoms with Gasteiger partial charge in [0.2, 0.25) is 0 Å². The fourth-order valence-corrected chi connectivity index (χ4v) is 5.39. The molecule has 0 bridgehead atoms. The summed E-state index contributed by atoms with van der Waals surface area (Å²) in [5, 5.41) is 4.31. The number of hydrogen-bond acceptors (Lipinski definition) is 4. The summed E-state index contributed by atoms with van der Waals surface area (Å²) in [6.45, 7) is 13.4. The maximum Gasteiger partial charge on any atom is 0.173 e. The summed E-state index contributed by atoms with van der Waals surface area (Å²) in [5.74, 6) is 0. The molecule has 6 heteroatoms. The minimum absolute atomic E-state index is 0.805. The van der Waals surface area contributed by atoms with Crippen LogP contribution in [0, 0.1) is 6.92 Å². The van der Waals surface area contributed by atoms with E-state index in [4.69, 9.17) is 17.0 Å². The van der Waals surface area contributed by atoms with Gasteiger partial charge in [0.1, 0.15) is 0 Å². The summed E-state index contributed by atoms with van der Waals surface area (Å²) in [5.41, 5.74) is 6.58. The minimum Gasteiger partial charge on any atom is -0.379 e. The number of morpholine rings is 1. The van der Waals surface area contributed by atoms with Gasteiger partial charge in [0.15, 0.2) is 5.11 Å². The molecule has 35 heavy (non-hydrogen) atoms. The van der Waals surface area contributed by atoms with Gasteiger partial charge in [0.25, 0.3) is 0 Å². The van der Waals surface area contributed by atoms with E-state index in [1.54, 1.807) is 0 Å². The first-order chi connectivity index (χ1) is 17.1. The maximum absolute atomic E-state index is 5.93. The fourth-order valence-electron chi connectivity index (χ4n) is 5.12. The van der Waals surface area contributed by atoms with Gasteiger partial charge < -0.3 is 19.9 Å². The van der Waals surface area contributed by atoms with Gasteiger partial charge in [-0.25, -0.2) is 0 Å². The van der Waals surface area contributed by atoms with Crippen LogP contribution in [0.2, 0.25) is 0 Å². The van der Waals surface area contributed by atoms with Crippen molar-refractivity contribution in [2.24, 2.45) is 0 Å². The lowest BCUT2D eigenvalue weighted by atomic mass is 9.98. The highest BCUT2D eigenvalue weighted by molar-refractivity contribution is 7.80. The average Bonchev–Trinajstić information content (AvgIpc) is 2.87. The van der Waals surface area contributed by atoms with E-state index < -0.39 is 0 Å². The molecule has 0 saturated carbocycles. The predicted molar refractivity (Wildman–Crippen MR) is 152 cm³/mol. The standard InChI is InChI=1S/C29H42N4OS/c1-3-4-14-32-15-6-9-26-22-25(11-12-28(26)32)23-33(16-7-13-31-17-19-34-20-18-31)29(35)30-27-10-5-8-24(2)21-27/h5,8,10-12,21-22H,3-4,6-7,9,13-20,23H2,1-2H3,(H,30,35). The third-order valence-corrected chi connectivity index (χ3v) is 7.44. The molecule has 0 radical (unpaired) electrons. The molecule has 5 nitrogen and oxygen atoms in total. The van der Waals surface area contributed by atoms with E-state index >= 15 is 0 Å². The second-order valence-electron chi connectivity index (χ2n) is 9.94. The molecule has 0 atom stereocenters. The molecule has 2 aliphatic heterocycles. The number of unbranched alkanes of at least 4 members (excludes halogenated alkanes) is 1. The summed E-state index contributed by atoms with van der Waals surface area (Å²) in [4.78, 5) is 7.43. The molecule has 1 N–H and O–H groups in total. The Hall–Kier alpha value is -2.15. The van der Waals surface area contributed by atoms with Gasteiger partial charge in [-0.1, -0.05) is 37.6 Å². The molecule has 2 heterocycles. The quantitative estimate of drug-likeness (QED) is 0.441. The first kappa shape index (κ1) is 25.9. The lowest BCUT2D eigenvalue weighted by Crippen LogP contribution is -2.40. The zero-order valence-electron chi connectivity index (χ0n) is 21.6. The summed E-state index contributed by atoms with van der Waals surface area (Å²) in [6.07, 6.45) is 6.02. The number of nitrogens with one attached hydrogen (secondary N) is 1. The molecule has 4 rings (SSSR count). The highest BCUT2D eigenvalue weighted by atomic mass is 32.1. The molecule has 190 valence electrons. The van der Waals surface area contributed by atoms with Gasteiger partial charge in [-0.2, -0.15) is 0 Å². The summed E-state index contributed by atoms with van der Waals surface area (Å²) in [6, 6.07) is 15.5. The van der Waals surface area contributed by atoms with Gasteiger partial charge in [-0.3, -0.25) is 4.90 Å². The van der Waals surface area contributed by atoms with Crippen LogP contribution in [0.4, 0.5) is 11.4 Å². The molecule has 0 amide bonds. The number of rotatable bonds is 10. The Balaban J connectivity index is 1.44. The third-order valence-electron chi connectivity index (χ3n) is 7.08. The van der Waals surface area contributed by atoms with Gasteiger partial charge in [-0.05, 0) is 79.7 Å². The number of hydrogen-bond donors (Lipinski definition) is 1. The van der Waals surface area contributed by atoms with Crippen molar-refractivity contribution in [1.82, 2.24) is 9.80 Å². The predicted octanol–water partition coefficient (Wildman–Crippen LogP) is 5.47. The molecule has 0 unspecified atom stereocenters. The van der Waals surface area contributed by atoms with Crippen LogP contribution in [0.25, 0.3) is 0 Å². The molecular weight excluding hydrogens is 452 g/mol. The first-order valence-electron chi connectivity index (χ1n) is 13.4. The summed E-state index contributed by atoms with van der Waals surface area (Å²) in [7, 11) is 0. The van der Waals surface area contributed by atoms with Gasteiger partial charge in [0, 0.05) is 57.2 Å². The van der Waals surface area contributed by atoms with Crippen molar-refractivity contribution in [3.05, 3.63) is 59.2 Å². The van der Waals surface area contributed by atoms with Crippen molar-refractivity contribution in [2.75, 3.05) is 62.7 Å². The second kappa shape index (κ2) is 13.2. The molecule has 2 aromatic rings. The Kier molecular flexibility index (Phi) is 9.81. The smallest absolute Gasteiger partial charge is 0.173 e. The van der Waals surface area contributed by atoms with E-state index in [0.717, 1.165) is 63.2 Å². The number of fused-ring (bicyclic) bond motifs is 1. The summed E-state index contributed by atoms with van der Waals surface area (Å²) < 4.78 is 5.51. The van der Waals surface area contributed by atoms with Crippen molar-refractivity contribution in [3.8, 4) is 0 Å². The average molecular weight is 495 g/mol. The molecule has 2 aliphatic rings. The van der Waals surface area contributed by atoms with E-state index in [0.29, 0.717) is 0 Å². The highest BCUT2D eigenvalue weighted by Gasteiger charge is 2.18. The number of thiocarbonyl (C=S) groups is 1. The van der Waals surface area contributed by atoms with Gasteiger partial charge in [0.05, 0.1) is 13.2 Å². The number of ether oxygens (including phenoxy) is 1. The lowest BCUT2D eigenvalue weighted by molar-refractivity contribution is 0.0368. The molecule has 2 aromatic carbocycles. The number of anilines is 2. The topological polar surface area (TPSA) is 31.0 Å². The van der Waals surface area contributed by atoms with Crippen molar-refractivity contribution in [1.29, 1.82) is 0 Å². The molecule has 0 aromatic heterocycles. The number of aryl methyl sites for hydroxylation is 2. The van der Waals surface area contributed by atoms with Crippen LogP contribution in [0.1, 0.15) is 49.3 Å². The first-order valence-corrected chi connectivity index (χ1v) is 13.8. The largest absolute Gasteiger partial charge is 0.379 e. The van der Waals surface area contributed by atoms with Crippen LogP contribution in [0.3, 0.4) is 0 Å². The van der Waals surface area contributed by atoms with Crippen molar-refractivity contribution >= 4 is 28.7 Å². The Bertz CT molecular complexity index is 959. The second-order valence-corrected chi connectivity index (χ2v) is 10.3. The molecule has 1 fully saturated rings. The van der Waals surface area contributed by atoms with Gasteiger partial charge >= 0.3 is 0 Å². The van der Waals surface area contributed by atoms with Crippen LogP contribution in [0.15, 0.2) is 42.5 Å². The molecular formula is C29H42N4OS. The zero-order valence-corrected chi connectivity index (χ0v) is 22.4. The monoisotopic (exact) mass is 494 g/mol. The van der Waals surface area contributed by atoms with Crippen molar-refractivity contribution < 1.29 is 4.74 Å². The Labute approximate surface area is 217 Å². The Morgan fingerprint density at radius 2 is 1.91 bits per heavy atom. The van der Waals surface area contributed by atoms with Crippen molar-refractivity contribution in [3.63, 3.8) is 0 Å². The summed E-state index contributed by atoms with van der Waals surface area (Å²) >= 11 is 5.93. The molecule has 1 saturated heterocycles. The van der Waals surface area contributed by atoms with Crippen LogP contribution in [-0.4, -0.2) is 67.4 Å². The molecule has 0 aliphatic carbocycles. The fraction of sp³-hybridized carbons (Fsp3) is 0.552. The van der Waals surface area contributed by atoms with Crippen molar-refractivity contribution in [2.45, 2.75) is 52.5 Å². The molecule has 0 spiro atoms. The minimum atomic E-state index is 0.805. The van der Waals surface area contributed by atoms with Crippen LogP contribution >= 0.6 is 12.2 Å².